The highest BCUT2D eigenvalue weighted by Crippen LogP contribution is 2.72. The van der Waals surface area contributed by atoms with Crippen molar-refractivity contribution in [2.75, 3.05) is 0 Å². The first kappa shape index (κ1) is 20.1. The third-order valence-electron chi connectivity index (χ3n) is 10.8. The summed E-state index contributed by atoms with van der Waals surface area (Å²) in [5.74, 6) is 1.99. The van der Waals surface area contributed by atoms with Crippen molar-refractivity contribution in [2.24, 2.45) is 33.5 Å². The number of carbonyl (C=O) groups excluding carboxylic acids is 2. The molecule has 3 heteroatoms. The lowest BCUT2D eigenvalue weighted by Crippen LogP contribution is -2.60. The van der Waals surface area contributed by atoms with E-state index in [1.807, 2.05) is 0 Å². The van der Waals surface area contributed by atoms with Gasteiger partial charge in [0.25, 0.3) is 0 Å². The largest absolute Gasteiger partial charge is 0.353 e. The Morgan fingerprint density at radius 2 is 1.59 bits per heavy atom. The summed E-state index contributed by atoms with van der Waals surface area (Å²) in [4.78, 5) is 26.5. The van der Waals surface area contributed by atoms with Crippen LogP contribution in [0.4, 0.5) is 0 Å². The zero-order chi connectivity index (χ0) is 20.5. The standard InChI is InChI=1S/C26H41NO2/c1-23-14-10-20-24(2)12-7-13-25(3,22(29)27-18-8-5-4-6-9-18)19(24)11-15-26(20,17-23)16-21(23)28/h18-20H,4-17H2,1-3H3,(H,27,29)/t19?,20?,23-,24+,25+,26-/m0/s1. The molecule has 0 aliphatic heterocycles. The van der Waals surface area contributed by atoms with Gasteiger partial charge in [-0.2, -0.15) is 0 Å². The van der Waals surface area contributed by atoms with Crippen LogP contribution in [0.1, 0.15) is 111 Å². The van der Waals surface area contributed by atoms with Crippen LogP contribution in [0.2, 0.25) is 0 Å². The molecular formula is C26H41NO2. The van der Waals surface area contributed by atoms with Crippen molar-refractivity contribution in [3.05, 3.63) is 0 Å². The molecule has 0 saturated heterocycles. The summed E-state index contributed by atoms with van der Waals surface area (Å²) < 4.78 is 0. The minimum atomic E-state index is -0.227. The Hall–Kier alpha value is -0.860. The van der Waals surface area contributed by atoms with Crippen LogP contribution in [0.3, 0.4) is 0 Å². The second-order valence-electron chi connectivity index (χ2n) is 12.5. The van der Waals surface area contributed by atoms with Gasteiger partial charge in [0, 0.05) is 23.3 Å². The van der Waals surface area contributed by atoms with Gasteiger partial charge in [-0.05, 0) is 80.5 Å². The first-order chi connectivity index (χ1) is 13.7. The number of fused-ring (bicyclic) bond motifs is 3. The molecule has 1 amide bonds. The van der Waals surface area contributed by atoms with Gasteiger partial charge in [-0.1, -0.05) is 46.5 Å². The van der Waals surface area contributed by atoms with Crippen LogP contribution in [0, 0.1) is 33.5 Å². The molecule has 5 rings (SSSR count). The molecule has 0 radical (unpaired) electrons. The summed E-state index contributed by atoms with van der Waals surface area (Å²) in [6.07, 6.45) is 16.2. The molecule has 2 bridgehead atoms. The molecule has 29 heavy (non-hydrogen) atoms. The van der Waals surface area contributed by atoms with Crippen molar-refractivity contribution in [1.29, 1.82) is 0 Å². The van der Waals surface area contributed by atoms with Crippen molar-refractivity contribution in [2.45, 2.75) is 117 Å². The van der Waals surface area contributed by atoms with E-state index in [9.17, 15) is 9.59 Å². The van der Waals surface area contributed by atoms with E-state index in [0.29, 0.717) is 29.6 Å². The molecule has 0 heterocycles. The first-order valence-corrected chi connectivity index (χ1v) is 12.6. The van der Waals surface area contributed by atoms with Crippen LogP contribution in [0.25, 0.3) is 0 Å². The molecule has 5 aliphatic carbocycles. The molecule has 5 aliphatic rings. The van der Waals surface area contributed by atoms with E-state index in [-0.39, 0.29) is 21.7 Å². The van der Waals surface area contributed by atoms with E-state index in [2.05, 4.69) is 26.1 Å². The SMILES string of the molecule is C[C@@]12CCC3[C@@](CCC4[C@@]3(C)CCC[C@@]4(C)C(=O)NC3CCCCC3)(CC1=O)C2. The minimum Gasteiger partial charge on any atom is -0.353 e. The van der Waals surface area contributed by atoms with E-state index < -0.39 is 0 Å². The molecular weight excluding hydrogens is 358 g/mol. The maximum Gasteiger partial charge on any atom is 0.226 e. The van der Waals surface area contributed by atoms with E-state index in [4.69, 9.17) is 0 Å². The fraction of sp³-hybridized carbons (Fsp3) is 0.923. The van der Waals surface area contributed by atoms with Crippen LogP contribution in [0.15, 0.2) is 0 Å². The Bertz CT molecular complexity index is 711. The first-order valence-electron chi connectivity index (χ1n) is 12.6. The lowest BCUT2D eigenvalue weighted by molar-refractivity contribution is -0.170. The molecule has 0 aromatic heterocycles. The number of rotatable bonds is 2. The molecule has 0 aromatic rings. The minimum absolute atomic E-state index is 0.0456. The molecule has 3 nitrogen and oxygen atoms in total. The van der Waals surface area contributed by atoms with Crippen LogP contribution in [-0.4, -0.2) is 17.7 Å². The maximum absolute atomic E-state index is 13.6. The van der Waals surface area contributed by atoms with Crippen LogP contribution >= 0.6 is 0 Å². The number of carbonyl (C=O) groups is 2. The van der Waals surface area contributed by atoms with E-state index in [0.717, 1.165) is 44.9 Å². The van der Waals surface area contributed by atoms with Crippen molar-refractivity contribution in [3.63, 3.8) is 0 Å². The smallest absolute Gasteiger partial charge is 0.226 e. The van der Waals surface area contributed by atoms with Gasteiger partial charge in [0.2, 0.25) is 5.91 Å². The highest BCUT2D eigenvalue weighted by atomic mass is 16.2. The summed E-state index contributed by atoms with van der Waals surface area (Å²) >= 11 is 0. The molecule has 1 spiro atoms. The number of nitrogens with one attached hydrogen (secondary N) is 1. The fourth-order valence-electron chi connectivity index (χ4n) is 9.37. The molecule has 6 atom stereocenters. The van der Waals surface area contributed by atoms with E-state index in [1.54, 1.807) is 0 Å². The van der Waals surface area contributed by atoms with Crippen molar-refractivity contribution in [3.8, 4) is 0 Å². The molecule has 5 saturated carbocycles. The Morgan fingerprint density at radius 1 is 0.862 bits per heavy atom. The van der Waals surface area contributed by atoms with Gasteiger partial charge in [-0.3, -0.25) is 9.59 Å². The third-order valence-corrected chi connectivity index (χ3v) is 10.8. The highest BCUT2D eigenvalue weighted by molar-refractivity contribution is 5.88. The van der Waals surface area contributed by atoms with Crippen LogP contribution in [0.5, 0.6) is 0 Å². The monoisotopic (exact) mass is 399 g/mol. The van der Waals surface area contributed by atoms with Crippen LogP contribution in [-0.2, 0) is 9.59 Å². The fourth-order valence-corrected chi connectivity index (χ4v) is 9.37. The molecule has 2 unspecified atom stereocenters. The van der Waals surface area contributed by atoms with Gasteiger partial charge < -0.3 is 5.32 Å². The van der Waals surface area contributed by atoms with Crippen molar-refractivity contribution < 1.29 is 9.59 Å². The zero-order valence-electron chi connectivity index (χ0n) is 18.9. The number of hydrogen-bond donors (Lipinski definition) is 1. The van der Waals surface area contributed by atoms with Gasteiger partial charge in [0.1, 0.15) is 5.78 Å². The van der Waals surface area contributed by atoms with E-state index in [1.165, 1.54) is 44.9 Å². The maximum atomic E-state index is 13.6. The predicted octanol–water partition coefficient (Wildman–Crippen LogP) is 5.81. The summed E-state index contributed by atoms with van der Waals surface area (Å²) in [5.41, 5.74) is 0.194. The quantitative estimate of drug-likeness (QED) is 0.637. The molecule has 0 aromatic carbocycles. The lowest BCUT2D eigenvalue weighted by atomic mass is 9.40. The Balaban J connectivity index is 1.41. The number of Topliss-reactive ketones (excluding diaryl/α,β-unsaturated/α-hetero) is 1. The Labute approximate surface area is 177 Å². The van der Waals surface area contributed by atoms with Crippen molar-refractivity contribution >= 4 is 11.7 Å². The molecule has 5 fully saturated rings. The summed E-state index contributed by atoms with van der Waals surface area (Å²) in [6, 6.07) is 0.402. The average Bonchev–Trinajstić information content (AvgIpc) is 2.86. The summed E-state index contributed by atoms with van der Waals surface area (Å²) in [6.45, 7) is 7.04. The van der Waals surface area contributed by atoms with Gasteiger partial charge in [-0.15, -0.1) is 0 Å². The van der Waals surface area contributed by atoms with E-state index >= 15 is 0 Å². The third kappa shape index (κ3) is 2.81. The van der Waals surface area contributed by atoms with Gasteiger partial charge in [-0.25, -0.2) is 0 Å². The Kier molecular flexibility index (Phi) is 4.54. The van der Waals surface area contributed by atoms with Crippen LogP contribution < -0.4 is 5.32 Å². The second kappa shape index (κ2) is 6.57. The van der Waals surface area contributed by atoms with Gasteiger partial charge >= 0.3 is 0 Å². The normalized spacial score (nSPS) is 50.0. The highest BCUT2D eigenvalue weighted by Gasteiger charge is 2.68. The van der Waals surface area contributed by atoms with Crippen molar-refractivity contribution in [1.82, 2.24) is 5.32 Å². The molecule has 162 valence electrons. The summed E-state index contributed by atoms with van der Waals surface area (Å²) in [7, 11) is 0. The topological polar surface area (TPSA) is 46.2 Å². The Morgan fingerprint density at radius 3 is 2.34 bits per heavy atom. The number of amides is 1. The predicted molar refractivity (Wildman–Crippen MR) is 115 cm³/mol. The average molecular weight is 400 g/mol. The second-order valence-corrected chi connectivity index (χ2v) is 12.5. The van der Waals surface area contributed by atoms with Gasteiger partial charge in [0.15, 0.2) is 0 Å². The molecule has 1 N–H and O–H groups in total. The number of ketones is 1. The zero-order valence-corrected chi connectivity index (χ0v) is 18.9. The lowest BCUT2D eigenvalue weighted by Gasteiger charge is -2.64. The number of hydrogen-bond acceptors (Lipinski definition) is 2. The van der Waals surface area contributed by atoms with Gasteiger partial charge in [0.05, 0.1) is 0 Å². The summed E-state index contributed by atoms with van der Waals surface area (Å²) in [5, 5.41) is 3.50.